The number of hydrogen-bond donors (Lipinski definition) is 1. The number of benzene rings is 1. The Morgan fingerprint density at radius 1 is 1.30 bits per heavy atom. The molecule has 1 aromatic carbocycles. The van der Waals surface area contributed by atoms with Gasteiger partial charge in [-0.05, 0) is 37.7 Å². The molecule has 0 bridgehead atoms. The Morgan fingerprint density at radius 2 is 2.15 bits per heavy atom. The van der Waals surface area contributed by atoms with Crippen molar-refractivity contribution in [2.24, 2.45) is 0 Å². The van der Waals surface area contributed by atoms with Crippen molar-refractivity contribution in [1.29, 1.82) is 0 Å². The Bertz CT molecular complexity index is 731. The molecule has 0 spiro atoms. The Hall–Kier alpha value is -1.29. The van der Waals surface area contributed by atoms with Gasteiger partial charge in [-0.1, -0.05) is 30.7 Å². The molecular formula is C16H16ClNOS. The van der Waals surface area contributed by atoms with Gasteiger partial charge in [-0.15, -0.1) is 11.3 Å². The lowest BCUT2D eigenvalue weighted by molar-refractivity contribution is 0.481. The lowest BCUT2D eigenvalue weighted by atomic mass is 10.1. The Morgan fingerprint density at radius 3 is 2.80 bits per heavy atom. The minimum atomic E-state index is 0.0853. The first-order valence-corrected chi connectivity index (χ1v) is 7.86. The lowest BCUT2D eigenvalue weighted by Crippen LogP contribution is -2.20. The summed E-state index contributed by atoms with van der Waals surface area (Å²) in [4.78, 5) is 2.57. The van der Waals surface area contributed by atoms with E-state index >= 15 is 0 Å². The van der Waals surface area contributed by atoms with E-state index < -0.39 is 0 Å². The number of thiophene rings is 1. The summed E-state index contributed by atoms with van der Waals surface area (Å²) in [6.07, 6.45) is 0. The summed E-state index contributed by atoms with van der Waals surface area (Å²) in [5.41, 5.74) is 0.764. The highest BCUT2D eigenvalue weighted by molar-refractivity contribution is 7.12. The molecule has 2 aromatic heterocycles. The van der Waals surface area contributed by atoms with Crippen LogP contribution >= 0.6 is 22.9 Å². The SMILES string of the molecule is CCNC(c1cc2cccc(Cl)c2o1)c1ccc(C)s1. The van der Waals surface area contributed by atoms with Crippen LogP contribution in [0.5, 0.6) is 0 Å². The third kappa shape index (κ3) is 2.49. The molecule has 3 rings (SSSR count). The van der Waals surface area contributed by atoms with Crippen molar-refractivity contribution in [3.8, 4) is 0 Å². The highest BCUT2D eigenvalue weighted by atomic mass is 35.5. The van der Waals surface area contributed by atoms with Gasteiger partial charge in [0.25, 0.3) is 0 Å². The fourth-order valence-electron chi connectivity index (χ4n) is 2.34. The van der Waals surface area contributed by atoms with Gasteiger partial charge in [0.05, 0.1) is 5.02 Å². The van der Waals surface area contributed by atoms with Gasteiger partial charge in [-0.3, -0.25) is 0 Å². The molecule has 2 heterocycles. The largest absolute Gasteiger partial charge is 0.457 e. The molecule has 1 N–H and O–H groups in total. The van der Waals surface area contributed by atoms with Crippen LogP contribution < -0.4 is 5.32 Å². The van der Waals surface area contributed by atoms with Crippen molar-refractivity contribution in [1.82, 2.24) is 5.32 Å². The number of furan rings is 1. The molecule has 104 valence electrons. The summed E-state index contributed by atoms with van der Waals surface area (Å²) in [7, 11) is 0. The first-order valence-electron chi connectivity index (χ1n) is 6.66. The van der Waals surface area contributed by atoms with Crippen molar-refractivity contribution in [2.75, 3.05) is 6.54 Å². The van der Waals surface area contributed by atoms with Crippen molar-refractivity contribution in [3.05, 3.63) is 56.9 Å². The molecule has 4 heteroatoms. The molecule has 0 aliphatic carbocycles. The number of aryl methyl sites for hydroxylation is 1. The van der Waals surface area contributed by atoms with Crippen LogP contribution in [0.3, 0.4) is 0 Å². The summed E-state index contributed by atoms with van der Waals surface area (Å²) in [5.74, 6) is 0.914. The van der Waals surface area contributed by atoms with E-state index in [1.807, 2.05) is 18.2 Å². The maximum atomic E-state index is 6.19. The van der Waals surface area contributed by atoms with E-state index in [1.54, 1.807) is 11.3 Å². The molecule has 0 fully saturated rings. The molecule has 0 amide bonds. The Balaban J connectivity index is 2.07. The number of fused-ring (bicyclic) bond motifs is 1. The molecule has 2 nitrogen and oxygen atoms in total. The van der Waals surface area contributed by atoms with Gasteiger partial charge < -0.3 is 9.73 Å². The summed E-state index contributed by atoms with van der Waals surface area (Å²) in [6.45, 7) is 5.10. The van der Waals surface area contributed by atoms with Crippen molar-refractivity contribution in [2.45, 2.75) is 19.9 Å². The zero-order valence-electron chi connectivity index (χ0n) is 11.4. The minimum Gasteiger partial charge on any atom is -0.457 e. The highest BCUT2D eigenvalue weighted by Gasteiger charge is 2.19. The summed E-state index contributed by atoms with van der Waals surface area (Å²) < 4.78 is 5.99. The molecule has 0 saturated carbocycles. The van der Waals surface area contributed by atoms with Crippen molar-refractivity contribution < 1.29 is 4.42 Å². The predicted octanol–water partition coefficient (Wildman–Crippen LogP) is 5.16. The van der Waals surface area contributed by atoms with E-state index in [9.17, 15) is 0 Å². The third-order valence-corrected chi connectivity index (χ3v) is 4.62. The van der Waals surface area contributed by atoms with Crippen LogP contribution in [0.15, 0.2) is 40.8 Å². The second-order valence-corrected chi connectivity index (χ2v) is 6.47. The van der Waals surface area contributed by atoms with Crippen molar-refractivity contribution >= 4 is 33.9 Å². The summed E-state index contributed by atoms with van der Waals surface area (Å²) >= 11 is 7.98. The van der Waals surface area contributed by atoms with Crippen LogP contribution in [-0.4, -0.2) is 6.54 Å². The number of halogens is 1. The molecule has 0 aliphatic heterocycles. The molecule has 0 radical (unpaired) electrons. The lowest BCUT2D eigenvalue weighted by Gasteiger charge is -2.13. The van der Waals surface area contributed by atoms with Gasteiger partial charge in [0.2, 0.25) is 0 Å². The van der Waals surface area contributed by atoms with E-state index in [4.69, 9.17) is 16.0 Å². The van der Waals surface area contributed by atoms with Crippen molar-refractivity contribution in [3.63, 3.8) is 0 Å². The van der Waals surface area contributed by atoms with Crippen LogP contribution in [0.25, 0.3) is 11.0 Å². The van der Waals surface area contributed by atoms with E-state index in [2.05, 4.69) is 37.4 Å². The molecule has 20 heavy (non-hydrogen) atoms. The maximum absolute atomic E-state index is 6.19. The van der Waals surface area contributed by atoms with Gasteiger partial charge in [-0.25, -0.2) is 0 Å². The number of hydrogen-bond acceptors (Lipinski definition) is 3. The van der Waals surface area contributed by atoms with Crippen LogP contribution in [0, 0.1) is 6.92 Å². The first kappa shape index (κ1) is 13.7. The minimum absolute atomic E-state index is 0.0853. The average molecular weight is 306 g/mol. The molecular weight excluding hydrogens is 290 g/mol. The average Bonchev–Trinajstić information content (AvgIpc) is 3.03. The monoisotopic (exact) mass is 305 g/mol. The second-order valence-electron chi connectivity index (χ2n) is 4.75. The zero-order valence-corrected chi connectivity index (χ0v) is 13.0. The quantitative estimate of drug-likeness (QED) is 0.720. The van der Waals surface area contributed by atoms with Gasteiger partial charge in [0, 0.05) is 15.1 Å². The van der Waals surface area contributed by atoms with Crippen LogP contribution in [-0.2, 0) is 0 Å². The molecule has 1 atom stereocenters. The van der Waals surface area contributed by atoms with Crippen LogP contribution in [0.2, 0.25) is 5.02 Å². The first-order chi connectivity index (χ1) is 9.69. The standard InChI is InChI=1S/C16H16ClNOS/c1-3-18-15(14-8-7-10(2)20-14)13-9-11-5-4-6-12(17)16(11)19-13/h4-9,15,18H,3H2,1-2H3. The molecule has 3 aromatic rings. The van der Waals surface area contributed by atoms with Gasteiger partial charge in [0.15, 0.2) is 5.58 Å². The molecule has 0 saturated heterocycles. The second kappa shape index (κ2) is 5.60. The number of rotatable bonds is 4. The van der Waals surface area contributed by atoms with Gasteiger partial charge >= 0.3 is 0 Å². The van der Waals surface area contributed by atoms with Crippen LogP contribution in [0.1, 0.15) is 28.5 Å². The Labute approximate surface area is 127 Å². The zero-order chi connectivity index (χ0) is 14.1. The highest BCUT2D eigenvalue weighted by Crippen LogP contribution is 2.34. The predicted molar refractivity (Wildman–Crippen MR) is 85.8 cm³/mol. The van der Waals surface area contributed by atoms with E-state index in [0.717, 1.165) is 23.3 Å². The summed E-state index contributed by atoms with van der Waals surface area (Å²) in [5, 5.41) is 5.19. The third-order valence-electron chi connectivity index (χ3n) is 3.25. The fourth-order valence-corrected chi connectivity index (χ4v) is 3.53. The number of nitrogens with one attached hydrogen (secondary N) is 1. The fraction of sp³-hybridized carbons (Fsp3) is 0.250. The molecule has 0 aliphatic rings. The van der Waals surface area contributed by atoms with Gasteiger partial charge in [0.1, 0.15) is 11.8 Å². The summed E-state index contributed by atoms with van der Waals surface area (Å²) in [6, 6.07) is 12.3. The Kier molecular flexibility index (Phi) is 3.83. The van der Waals surface area contributed by atoms with E-state index in [-0.39, 0.29) is 6.04 Å². The maximum Gasteiger partial charge on any atom is 0.152 e. The topological polar surface area (TPSA) is 25.2 Å². The van der Waals surface area contributed by atoms with Crippen LogP contribution in [0.4, 0.5) is 0 Å². The molecule has 1 unspecified atom stereocenters. The normalized spacial score (nSPS) is 12.9. The smallest absolute Gasteiger partial charge is 0.152 e. The van der Waals surface area contributed by atoms with E-state index in [0.29, 0.717) is 5.02 Å². The van der Waals surface area contributed by atoms with E-state index in [1.165, 1.54) is 9.75 Å². The number of para-hydroxylation sites is 1. The van der Waals surface area contributed by atoms with Gasteiger partial charge in [-0.2, -0.15) is 0 Å².